The smallest absolute Gasteiger partial charge is 0.320 e. The van der Waals surface area contributed by atoms with Gasteiger partial charge in [0.15, 0.2) is 0 Å². The van der Waals surface area contributed by atoms with Crippen molar-refractivity contribution in [3.05, 3.63) is 76.1 Å². The number of benzene rings is 2. The number of fused-ring (bicyclic) bond motifs is 1. The van der Waals surface area contributed by atoms with Gasteiger partial charge >= 0.3 is 5.97 Å². The maximum Gasteiger partial charge on any atom is 0.320 e. The number of nitrogens with zero attached hydrogens (tertiary/aromatic N) is 3. The fourth-order valence-corrected chi connectivity index (χ4v) is 3.72. The highest BCUT2D eigenvalue weighted by molar-refractivity contribution is 9.10. The third-order valence-corrected chi connectivity index (χ3v) is 5.61. The molecule has 1 atom stereocenters. The zero-order chi connectivity index (χ0) is 22.8. The van der Waals surface area contributed by atoms with Crippen LogP contribution in [0.3, 0.4) is 0 Å². The van der Waals surface area contributed by atoms with Gasteiger partial charge in [0.25, 0.3) is 0 Å². The molecule has 2 aromatic carbocycles. The van der Waals surface area contributed by atoms with Crippen LogP contribution in [-0.4, -0.2) is 31.7 Å². The molecule has 172 valence electrons. The van der Waals surface area contributed by atoms with Gasteiger partial charge in [-0.05, 0) is 47.9 Å². The van der Waals surface area contributed by atoms with Crippen LogP contribution in [0.2, 0.25) is 0 Å². The van der Waals surface area contributed by atoms with Crippen molar-refractivity contribution < 1.29 is 19.0 Å². The SMILES string of the molecule is Cl.Nc1nc(Oc2ccc(CC(N)C(=O)O)cc2)c2ccn(Cc3ccc(F)cc3Br)c2n1. The van der Waals surface area contributed by atoms with Gasteiger partial charge in [0.2, 0.25) is 11.8 Å². The number of hydrogen-bond acceptors (Lipinski definition) is 6. The molecule has 33 heavy (non-hydrogen) atoms. The number of ether oxygens (including phenoxy) is 1. The number of hydrogen-bond donors (Lipinski definition) is 3. The first-order valence-electron chi connectivity index (χ1n) is 9.61. The van der Waals surface area contributed by atoms with E-state index < -0.39 is 12.0 Å². The molecule has 0 spiro atoms. The van der Waals surface area contributed by atoms with E-state index in [-0.39, 0.29) is 30.6 Å². The third-order valence-electron chi connectivity index (χ3n) is 4.87. The minimum atomic E-state index is -1.05. The lowest BCUT2D eigenvalue weighted by atomic mass is 10.1. The number of carboxylic acids is 1. The van der Waals surface area contributed by atoms with Crippen molar-refractivity contribution in [2.45, 2.75) is 19.0 Å². The summed E-state index contributed by atoms with van der Waals surface area (Å²) in [5.74, 6) is -0.530. The molecule has 0 saturated carbocycles. The Bertz CT molecular complexity index is 1300. The van der Waals surface area contributed by atoms with Gasteiger partial charge in [-0.2, -0.15) is 9.97 Å². The van der Waals surface area contributed by atoms with Crippen LogP contribution < -0.4 is 16.2 Å². The molecule has 0 aliphatic carbocycles. The highest BCUT2D eigenvalue weighted by atomic mass is 79.9. The molecule has 0 radical (unpaired) electrons. The number of carbonyl (C=O) groups is 1. The van der Waals surface area contributed by atoms with E-state index in [1.807, 2.05) is 16.8 Å². The second-order valence-electron chi connectivity index (χ2n) is 7.20. The van der Waals surface area contributed by atoms with E-state index in [0.717, 1.165) is 11.1 Å². The molecule has 0 fully saturated rings. The summed E-state index contributed by atoms with van der Waals surface area (Å²) in [7, 11) is 0. The zero-order valence-electron chi connectivity index (χ0n) is 17.1. The van der Waals surface area contributed by atoms with Gasteiger partial charge in [-0.1, -0.05) is 34.1 Å². The first-order chi connectivity index (χ1) is 15.3. The van der Waals surface area contributed by atoms with Crippen molar-refractivity contribution in [1.82, 2.24) is 14.5 Å². The van der Waals surface area contributed by atoms with Crippen molar-refractivity contribution in [3.63, 3.8) is 0 Å². The second kappa shape index (κ2) is 10.2. The normalized spacial score (nSPS) is 11.7. The molecule has 11 heteroatoms. The van der Waals surface area contributed by atoms with Crippen molar-refractivity contribution in [3.8, 4) is 11.6 Å². The van der Waals surface area contributed by atoms with Crippen molar-refractivity contribution >= 4 is 51.3 Å². The second-order valence-corrected chi connectivity index (χ2v) is 8.05. The Labute approximate surface area is 202 Å². The maximum atomic E-state index is 13.4. The molecule has 0 saturated heterocycles. The van der Waals surface area contributed by atoms with E-state index in [1.165, 1.54) is 12.1 Å². The number of aromatic nitrogens is 3. The van der Waals surface area contributed by atoms with Gasteiger partial charge in [-0.15, -0.1) is 12.4 Å². The van der Waals surface area contributed by atoms with E-state index in [1.54, 1.807) is 30.3 Å². The Morgan fingerprint density at radius 3 is 2.58 bits per heavy atom. The number of anilines is 1. The zero-order valence-corrected chi connectivity index (χ0v) is 19.5. The van der Waals surface area contributed by atoms with Crippen molar-refractivity contribution in [2.75, 3.05) is 5.73 Å². The van der Waals surface area contributed by atoms with Crippen LogP contribution in [0.5, 0.6) is 11.6 Å². The predicted molar refractivity (Wildman–Crippen MR) is 128 cm³/mol. The topological polar surface area (TPSA) is 129 Å². The first-order valence-corrected chi connectivity index (χ1v) is 10.4. The van der Waals surface area contributed by atoms with Gasteiger partial charge in [-0.25, -0.2) is 4.39 Å². The molecule has 0 bridgehead atoms. The molecule has 0 amide bonds. The third kappa shape index (κ3) is 5.59. The Morgan fingerprint density at radius 2 is 1.91 bits per heavy atom. The molecule has 1 unspecified atom stereocenters. The molecule has 4 aromatic rings. The van der Waals surface area contributed by atoms with Crippen molar-refractivity contribution in [2.24, 2.45) is 5.73 Å². The fraction of sp³-hybridized carbons (Fsp3) is 0.136. The summed E-state index contributed by atoms with van der Waals surface area (Å²) < 4.78 is 21.8. The summed E-state index contributed by atoms with van der Waals surface area (Å²) in [6, 6.07) is 12.3. The van der Waals surface area contributed by atoms with Crippen LogP contribution in [0.4, 0.5) is 10.3 Å². The molecular weight excluding hydrogens is 517 g/mol. The lowest BCUT2D eigenvalue weighted by Crippen LogP contribution is -2.32. The Morgan fingerprint density at radius 1 is 1.18 bits per heavy atom. The van der Waals surface area contributed by atoms with Crippen molar-refractivity contribution in [1.29, 1.82) is 0 Å². The average molecular weight is 537 g/mol. The van der Waals surface area contributed by atoms with Gasteiger partial charge in [0, 0.05) is 10.7 Å². The highest BCUT2D eigenvalue weighted by Gasteiger charge is 2.15. The molecular formula is C22H20BrClFN5O3. The Kier molecular flexibility index (Phi) is 7.52. The molecule has 8 nitrogen and oxygen atoms in total. The number of carboxylic acid groups (broad SMARTS) is 1. The molecule has 2 aromatic heterocycles. The molecule has 5 N–H and O–H groups in total. The van der Waals surface area contributed by atoms with Crippen LogP contribution in [0, 0.1) is 5.82 Å². The lowest BCUT2D eigenvalue weighted by Gasteiger charge is -2.10. The summed E-state index contributed by atoms with van der Waals surface area (Å²) in [5.41, 5.74) is 13.7. The largest absolute Gasteiger partial charge is 0.480 e. The van der Waals surface area contributed by atoms with Crippen LogP contribution in [-0.2, 0) is 17.8 Å². The summed E-state index contributed by atoms with van der Waals surface area (Å²) in [5, 5.41) is 9.61. The first kappa shape index (κ1) is 24.4. The Hall–Kier alpha value is -3.21. The van der Waals surface area contributed by atoms with Crippen LogP contribution >= 0.6 is 28.3 Å². The van der Waals surface area contributed by atoms with Crippen LogP contribution in [0.1, 0.15) is 11.1 Å². The quantitative estimate of drug-likeness (QED) is 0.324. The Balaban J connectivity index is 0.00000306. The van der Waals surface area contributed by atoms with Gasteiger partial charge < -0.3 is 25.9 Å². The summed E-state index contributed by atoms with van der Waals surface area (Å²) in [6.07, 6.45) is 2.04. The number of rotatable bonds is 7. The molecule has 0 aliphatic rings. The fourth-order valence-electron chi connectivity index (χ4n) is 3.24. The monoisotopic (exact) mass is 535 g/mol. The van der Waals surface area contributed by atoms with Gasteiger partial charge in [0.05, 0.1) is 11.9 Å². The van der Waals surface area contributed by atoms with E-state index in [0.29, 0.717) is 33.7 Å². The maximum absolute atomic E-state index is 13.4. The van der Waals surface area contributed by atoms with E-state index >= 15 is 0 Å². The minimum Gasteiger partial charge on any atom is -0.480 e. The van der Waals surface area contributed by atoms with E-state index in [2.05, 4.69) is 25.9 Å². The van der Waals surface area contributed by atoms with Crippen LogP contribution in [0.15, 0.2) is 59.2 Å². The summed E-state index contributed by atoms with van der Waals surface area (Å²) in [4.78, 5) is 19.5. The predicted octanol–water partition coefficient (Wildman–Crippen LogP) is 4.13. The molecule has 4 rings (SSSR count). The summed E-state index contributed by atoms with van der Waals surface area (Å²) in [6.45, 7) is 0.443. The average Bonchev–Trinajstić information content (AvgIpc) is 3.14. The highest BCUT2D eigenvalue weighted by Crippen LogP contribution is 2.30. The van der Waals surface area contributed by atoms with E-state index in [4.69, 9.17) is 21.3 Å². The number of aliphatic carboxylic acids is 1. The standard InChI is InChI=1S/C22H19BrFN5O3.ClH/c23-17-10-14(24)4-3-13(17)11-29-8-7-16-19(29)27-22(26)28-20(16)32-15-5-1-12(2-6-15)9-18(25)21(30)31;/h1-8,10,18H,9,11,25H2,(H,30,31)(H2,26,27,28);1H. The van der Waals surface area contributed by atoms with E-state index in [9.17, 15) is 9.18 Å². The van der Waals surface area contributed by atoms with Crippen LogP contribution in [0.25, 0.3) is 11.0 Å². The minimum absolute atomic E-state index is 0. The molecule has 0 aliphatic heterocycles. The number of nitrogen functional groups attached to an aromatic ring is 1. The number of halogens is 3. The molecule has 2 heterocycles. The summed E-state index contributed by atoms with van der Waals surface area (Å²) >= 11 is 3.38. The van der Waals surface area contributed by atoms with Gasteiger partial charge in [0.1, 0.15) is 23.3 Å². The number of nitrogens with two attached hydrogens (primary N) is 2. The lowest BCUT2D eigenvalue weighted by molar-refractivity contribution is -0.138. The van der Waals surface area contributed by atoms with Gasteiger partial charge in [-0.3, -0.25) is 4.79 Å².